The highest BCUT2D eigenvalue weighted by molar-refractivity contribution is 5.80. The van der Waals surface area contributed by atoms with Gasteiger partial charge in [-0.25, -0.2) is 0 Å². The third-order valence-electron chi connectivity index (χ3n) is 3.47. The minimum atomic E-state index is -0.574. The first kappa shape index (κ1) is 15.0. The zero-order valence-corrected chi connectivity index (χ0v) is 11.8. The van der Waals surface area contributed by atoms with E-state index in [1.165, 1.54) is 0 Å². The molecule has 2 heterocycles. The standard InChI is InChI=1S/C14H22N2O4/c1-11(13(17)16-8-12-4-2-7-19-12)20-14(9-15)5-3-6-18-10-14/h2,4,7,11H,3,5-6,8-10,15H2,1H3,(H,16,17). The van der Waals surface area contributed by atoms with E-state index in [9.17, 15) is 4.79 Å². The summed E-state index contributed by atoms with van der Waals surface area (Å²) in [5.74, 6) is 0.528. The minimum Gasteiger partial charge on any atom is -0.467 e. The van der Waals surface area contributed by atoms with Crippen LogP contribution in [-0.2, 0) is 20.8 Å². The molecule has 3 N–H and O–H groups in total. The van der Waals surface area contributed by atoms with Crippen molar-refractivity contribution in [3.63, 3.8) is 0 Å². The third-order valence-corrected chi connectivity index (χ3v) is 3.47. The lowest BCUT2D eigenvalue weighted by molar-refractivity contribution is -0.165. The third kappa shape index (κ3) is 3.82. The lowest BCUT2D eigenvalue weighted by Crippen LogP contribution is -2.51. The molecule has 1 amide bonds. The summed E-state index contributed by atoms with van der Waals surface area (Å²) < 4.78 is 16.5. The topological polar surface area (TPSA) is 86.7 Å². The molecule has 1 saturated heterocycles. The predicted octanol–water partition coefficient (Wildman–Crippen LogP) is 0.809. The molecule has 0 aromatic carbocycles. The molecule has 1 aliphatic heterocycles. The van der Waals surface area contributed by atoms with Gasteiger partial charge in [0.25, 0.3) is 0 Å². The van der Waals surface area contributed by atoms with Crippen LogP contribution >= 0.6 is 0 Å². The van der Waals surface area contributed by atoms with E-state index >= 15 is 0 Å². The Morgan fingerprint density at radius 3 is 3.10 bits per heavy atom. The van der Waals surface area contributed by atoms with E-state index in [0.29, 0.717) is 25.5 Å². The van der Waals surface area contributed by atoms with Crippen LogP contribution in [-0.4, -0.2) is 37.4 Å². The van der Waals surface area contributed by atoms with E-state index in [1.807, 2.05) is 6.07 Å². The maximum absolute atomic E-state index is 12.0. The summed E-state index contributed by atoms with van der Waals surface area (Å²) in [5, 5.41) is 2.78. The zero-order chi connectivity index (χ0) is 14.4. The van der Waals surface area contributed by atoms with Crippen molar-refractivity contribution in [1.82, 2.24) is 5.32 Å². The molecule has 2 rings (SSSR count). The second kappa shape index (κ2) is 6.88. The van der Waals surface area contributed by atoms with E-state index < -0.39 is 11.7 Å². The molecule has 1 aromatic rings. The number of rotatable bonds is 6. The van der Waals surface area contributed by atoms with Crippen molar-refractivity contribution in [1.29, 1.82) is 0 Å². The lowest BCUT2D eigenvalue weighted by Gasteiger charge is -2.37. The van der Waals surface area contributed by atoms with Crippen LogP contribution in [0.5, 0.6) is 0 Å². The van der Waals surface area contributed by atoms with E-state index in [0.717, 1.165) is 19.4 Å². The summed E-state index contributed by atoms with van der Waals surface area (Å²) in [6.07, 6.45) is 2.72. The van der Waals surface area contributed by atoms with Gasteiger partial charge in [-0.15, -0.1) is 0 Å². The number of furan rings is 1. The maximum atomic E-state index is 12.0. The van der Waals surface area contributed by atoms with Gasteiger partial charge in [0.15, 0.2) is 0 Å². The maximum Gasteiger partial charge on any atom is 0.249 e. The van der Waals surface area contributed by atoms with Crippen LogP contribution in [0.2, 0.25) is 0 Å². The fourth-order valence-electron chi connectivity index (χ4n) is 2.29. The molecule has 1 aromatic heterocycles. The Hall–Kier alpha value is -1.37. The summed E-state index contributed by atoms with van der Waals surface area (Å²) in [6, 6.07) is 3.59. The molecule has 6 heteroatoms. The quantitative estimate of drug-likeness (QED) is 0.806. The summed E-state index contributed by atoms with van der Waals surface area (Å²) in [7, 11) is 0. The van der Waals surface area contributed by atoms with Crippen molar-refractivity contribution >= 4 is 5.91 Å². The molecule has 112 valence electrons. The number of carbonyl (C=O) groups is 1. The fourth-order valence-corrected chi connectivity index (χ4v) is 2.29. The zero-order valence-electron chi connectivity index (χ0n) is 11.8. The average molecular weight is 282 g/mol. The number of nitrogens with two attached hydrogens (primary N) is 1. The van der Waals surface area contributed by atoms with Gasteiger partial charge in [0.2, 0.25) is 5.91 Å². The van der Waals surface area contributed by atoms with E-state index in [-0.39, 0.29) is 5.91 Å². The van der Waals surface area contributed by atoms with Crippen molar-refractivity contribution in [2.75, 3.05) is 19.8 Å². The number of hydrogen-bond donors (Lipinski definition) is 2. The van der Waals surface area contributed by atoms with Crippen molar-refractivity contribution in [3.05, 3.63) is 24.2 Å². The molecular weight excluding hydrogens is 260 g/mol. The molecule has 20 heavy (non-hydrogen) atoms. The number of nitrogens with one attached hydrogen (secondary N) is 1. The highest BCUT2D eigenvalue weighted by atomic mass is 16.6. The van der Waals surface area contributed by atoms with Gasteiger partial charge in [0, 0.05) is 13.2 Å². The van der Waals surface area contributed by atoms with Gasteiger partial charge in [-0.3, -0.25) is 4.79 Å². The Labute approximate surface area is 118 Å². The van der Waals surface area contributed by atoms with E-state index in [1.54, 1.807) is 19.3 Å². The number of hydrogen-bond acceptors (Lipinski definition) is 5. The molecular formula is C14H22N2O4. The summed E-state index contributed by atoms with van der Waals surface area (Å²) in [6.45, 7) is 3.60. The van der Waals surface area contributed by atoms with E-state index in [4.69, 9.17) is 19.6 Å². The first-order chi connectivity index (χ1) is 9.65. The van der Waals surface area contributed by atoms with Crippen molar-refractivity contribution < 1.29 is 18.7 Å². The van der Waals surface area contributed by atoms with Crippen LogP contribution in [0.25, 0.3) is 0 Å². The Balaban J connectivity index is 1.83. The van der Waals surface area contributed by atoms with Gasteiger partial charge < -0.3 is 24.9 Å². The fraction of sp³-hybridized carbons (Fsp3) is 0.643. The van der Waals surface area contributed by atoms with Gasteiger partial charge in [0.1, 0.15) is 17.5 Å². The SMILES string of the molecule is CC(OC1(CN)CCCOC1)C(=O)NCc1ccco1. The second-order valence-electron chi connectivity index (χ2n) is 5.10. The van der Waals surface area contributed by atoms with Crippen molar-refractivity contribution in [2.45, 2.75) is 38.0 Å². The Morgan fingerprint density at radius 2 is 2.50 bits per heavy atom. The molecule has 2 atom stereocenters. The summed E-state index contributed by atoms with van der Waals surface area (Å²) in [5.41, 5.74) is 5.24. The summed E-state index contributed by atoms with van der Waals surface area (Å²) in [4.78, 5) is 12.0. The number of carbonyl (C=O) groups excluding carboxylic acids is 1. The van der Waals surface area contributed by atoms with Crippen molar-refractivity contribution in [2.24, 2.45) is 5.73 Å². The normalized spacial score (nSPS) is 24.3. The van der Waals surface area contributed by atoms with Crippen LogP contribution in [0.4, 0.5) is 0 Å². The molecule has 0 aliphatic carbocycles. The molecule has 6 nitrogen and oxygen atoms in total. The molecule has 0 radical (unpaired) electrons. The van der Waals surface area contributed by atoms with Gasteiger partial charge in [-0.2, -0.15) is 0 Å². The molecule has 1 fully saturated rings. The van der Waals surface area contributed by atoms with E-state index in [2.05, 4.69) is 5.32 Å². The first-order valence-electron chi connectivity index (χ1n) is 6.91. The molecule has 2 unspecified atom stereocenters. The number of amides is 1. The molecule has 1 aliphatic rings. The van der Waals surface area contributed by atoms with Crippen molar-refractivity contribution in [3.8, 4) is 0 Å². The van der Waals surface area contributed by atoms with Gasteiger partial charge in [-0.1, -0.05) is 0 Å². The first-order valence-corrected chi connectivity index (χ1v) is 6.91. The molecule has 0 spiro atoms. The highest BCUT2D eigenvalue weighted by Crippen LogP contribution is 2.24. The Kier molecular flexibility index (Phi) is 5.17. The van der Waals surface area contributed by atoms with Crippen LogP contribution < -0.4 is 11.1 Å². The smallest absolute Gasteiger partial charge is 0.249 e. The molecule has 0 bridgehead atoms. The van der Waals surface area contributed by atoms with Crippen LogP contribution in [0.15, 0.2) is 22.8 Å². The second-order valence-corrected chi connectivity index (χ2v) is 5.10. The molecule has 0 saturated carbocycles. The number of ether oxygens (including phenoxy) is 2. The van der Waals surface area contributed by atoms with Crippen LogP contribution in [0, 0.1) is 0 Å². The lowest BCUT2D eigenvalue weighted by atomic mass is 9.96. The monoisotopic (exact) mass is 282 g/mol. The Bertz CT molecular complexity index is 413. The average Bonchev–Trinajstić information content (AvgIpc) is 2.99. The largest absolute Gasteiger partial charge is 0.467 e. The summed E-state index contributed by atoms with van der Waals surface area (Å²) >= 11 is 0. The Morgan fingerprint density at radius 1 is 1.65 bits per heavy atom. The highest BCUT2D eigenvalue weighted by Gasteiger charge is 2.35. The van der Waals surface area contributed by atoms with Gasteiger partial charge >= 0.3 is 0 Å². The van der Waals surface area contributed by atoms with Gasteiger partial charge in [-0.05, 0) is 31.9 Å². The van der Waals surface area contributed by atoms with Crippen LogP contribution in [0.3, 0.4) is 0 Å². The minimum absolute atomic E-state index is 0.181. The van der Waals surface area contributed by atoms with Crippen LogP contribution in [0.1, 0.15) is 25.5 Å². The predicted molar refractivity (Wildman–Crippen MR) is 72.9 cm³/mol. The van der Waals surface area contributed by atoms with Gasteiger partial charge in [0.05, 0.1) is 19.4 Å².